The van der Waals surface area contributed by atoms with Gasteiger partial charge >= 0.3 is 0 Å². The molecule has 0 aliphatic rings. The fourth-order valence-corrected chi connectivity index (χ4v) is 2.22. The van der Waals surface area contributed by atoms with E-state index >= 15 is 0 Å². The maximum absolute atomic E-state index is 12.2. The van der Waals surface area contributed by atoms with Crippen molar-refractivity contribution in [1.82, 2.24) is 0 Å². The molecule has 1 aromatic carbocycles. The molecule has 0 saturated heterocycles. The summed E-state index contributed by atoms with van der Waals surface area (Å²) in [6.45, 7) is 8.97. The predicted octanol–water partition coefficient (Wildman–Crippen LogP) is 4.18. The van der Waals surface area contributed by atoms with Crippen LogP contribution in [0.4, 0.5) is 0 Å². The molecule has 0 amide bonds. The zero-order valence-corrected chi connectivity index (χ0v) is 12.3. The van der Waals surface area contributed by atoms with E-state index in [-0.39, 0.29) is 17.5 Å². The molecule has 3 heteroatoms. The fourth-order valence-electron chi connectivity index (χ4n) is 2.10. The van der Waals surface area contributed by atoms with Crippen molar-refractivity contribution in [3.63, 3.8) is 0 Å². The van der Waals surface area contributed by atoms with Gasteiger partial charge in [0.25, 0.3) is 0 Å². The SMILES string of the molecule is C=C(C)C(=O)C(C(=O)CC)C(C)c1ccc(Cl)cc1. The van der Waals surface area contributed by atoms with Crippen molar-refractivity contribution in [3.05, 3.63) is 47.0 Å². The predicted molar refractivity (Wildman–Crippen MR) is 78.5 cm³/mol. The van der Waals surface area contributed by atoms with E-state index in [0.717, 1.165) is 5.56 Å². The molecule has 0 radical (unpaired) electrons. The minimum absolute atomic E-state index is 0.0459. The first-order valence-electron chi connectivity index (χ1n) is 6.36. The zero-order valence-electron chi connectivity index (χ0n) is 11.6. The molecule has 19 heavy (non-hydrogen) atoms. The number of hydrogen-bond donors (Lipinski definition) is 0. The Morgan fingerprint density at radius 1 is 1.26 bits per heavy atom. The summed E-state index contributed by atoms with van der Waals surface area (Å²) in [6, 6.07) is 7.25. The molecular weight excluding hydrogens is 260 g/mol. The van der Waals surface area contributed by atoms with Gasteiger partial charge in [0, 0.05) is 11.4 Å². The molecule has 0 spiro atoms. The minimum atomic E-state index is -0.649. The largest absolute Gasteiger partial charge is 0.299 e. The number of allylic oxidation sites excluding steroid dienone is 1. The molecule has 0 fully saturated rings. The first kappa shape index (κ1) is 15.6. The Morgan fingerprint density at radius 3 is 2.21 bits per heavy atom. The summed E-state index contributed by atoms with van der Waals surface area (Å²) in [5, 5.41) is 0.639. The van der Waals surface area contributed by atoms with E-state index in [0.29, 0.717) is 17.0 Å². The van der Waals surface area contributed by atoms with Crippen molar-refractivity contribution < 1.29 is 9.59 Å². The van der Waals surface area contributed by atoms with Gasteiger partial charge in [-0.1, -0.05) is 44.2 Å². The maximum Gasteiger partial charge on any atom is 0.169 e. The summed E-state index contributed by atoms with van der Waals surface area (Å²) < 4.78 is 0. The van der Waals surface area contributed by atoms with Crippen LogP contribution >= 0.6 is 11.6 Å². The van der Waals surface area contributed by atoms with Crippen molar-refractivity contribution in [1.29, 1.82) is 0 Å². The Labute approximate surface area is 119 Å². The van der Waals surface area contributed by atoms with Crippen LogP contribution in [-0.2, 0) is 9.59 Å². The van der Waals surface area contributed by atoms with Crippen molar-refractivity contribution in [2.24, 2.45) is 5.92 Å². The van der Waals surface area contributed by atoms with Gasteiger partial charge in [-0.25, -0.2) is 0 Å². The number of halogens is 1. The summed E-state index contributed by atoms with van der Waals surface area (Å²) in [4.78, 5) is 24.2. The Hall–Kier alpha value is -1.41. The summed E-state index contributed by atoms with van der Waals surface area (Å²) >= 11 is 5.85. The number of carbonyl (C=O) groups excluding carboxylic acids is 2. The summed E-state index contributed by atoms with van der Waals surface area (Å²) in [5.74, 6) is -1.04. The Bertz CT molecular complexity index is 488. The second-order valence-corrected chi connectivity index (χ2v) is 5.22. The van der Waals surface area contributed by atoms with Crippen LogP contribution in [0.25, 0.3) is 0 Å². The van der Waals surface area contributed by atoms with Crippen LogP contribution < -0.4 is 0 Å². The maximum atomic E-state index is 12.2. The molecule has 0 bridgehead atoms. The lowest BCUT2D eigenvalue weighted by atomic mass is 9.79. The average Bonchev–Trinajstić information content (AvgIpc) is 2.39. The average molecular weight is 279 g/mol. The standard InChI is InChI=1S/C16H19ClO2/c1-5-14(18)15(16(19)10(2)3)11(4)12-6-8-13(17)9-7-12/h6-9,11,15H,2,5H2,1,3-4H3. The van der Waals surface area contributed by atoms with E-state index in [4.69, 9.17) is 11.6 Å². The normalized spacial score (nSPS) is 13.7. The zero-order chi connectivity index (χ0) is 14.6. The van der Waals surface area contributed by atoms with Crippen LogP contribution in [0.15, 0.2) is 36.4 Å². The van der Waals surface area contributed by atoms with E-state index in [2.05, 4.69) is 6.58 Å². The summed E-state index contributed by atoms with van der Waals surface area (Å²) in [5.41, 5.74) is 1.36. The van der Waals surface area contributed by atoms with Crippen LogP contribution in [0.5, 0.6) is 0 Å². The van der Waals surface area contributed by atoms with Gasteiger partial charge in [0.05, 0.1) is 5.92 Å². The number of benzene rings is 1. The molecule has 0 aliphatic carbocycles. The van der Waals surface area contributed by atoms with Crippen molar-refractivity contribution in [2.45, 2.75) is 33.1 Å². The second kappa shape index (κ2) is 6.67. The molecule has 2 unspecified atom stereocenters. The minimum Gasteiger partial charge on any atom is -0.299 e. The lowest BCUT2D eigenvalue weighted by molar-refractivity contribution is -0.131. The number of hydrogen-bond acceptors (Lipinski definition) is 2. The van der Waals surface area contributed by atoms with Gasteiger partial charge in [0.2, 0.25) is 0 Å². The highest BCUT2D eigenvalue weighted by molar-refractivity contribution is 6.30. The Morgan fingerprint density at radius 2 is 1.79 bits per heavy atom. The summed E-state index contributed by atoms with van der Waals surface area (Å²) in [7, 11) is 0. The lowest BCUT2D eigenvalue weighted by Crippen LogP contribution is -2.29. The molecule has 0 aliphatic heterocycles. The monoisotopic (exact) mass is 278 g/mol. The van der Waals surface area contributed by atoms with E-state index in [1.165, 1.54) is 0 Å². The molecular formula is C16H19ClO2. The van der Waals surface area contributed by atoms with Crippen LogP contribution in [-0.4, -0.2) is 11.6 Å². The summed E-state index contributed by atoms with van der Waals surface area (Å²) in [6.07, 6.45) is 0.349. The van der Waals surface area contributed by atoms with Crippen molar-refractivity contribution >= 4 is 23.2 Å². The third kappa shape index (κ3) is 3.77. The van der Waals surface area contributed by atoms with Crippen LogP contribution in [0, 0.1) is 5.92 Å². The third-order valence-corrected chi connectivity index (χ3v) is 3.55. The van der Waals surface area contributed by atoms with Gasteiger partial charge < -0.3 is 0 Å². The fraction of sp³-hybridized carbons (Fsp3) is 0.375. The molecule has 1 aromatic rings. The smallest absolute Gasteiger partial charge is 0.169 e. The topological polar surface area (TPSA) is 34.1 Å². The molecule has 0 N–H and O–H groups in total. The quantitative estimate of drug-likeness (QED) is 0.578. The molecule has 0 heterocycles. The van der Waals surface area contributed by atoms with E-state index in [1.54, 1.807) is 26.0 Å². The Balaban J connectivity index is 3.10. The lowest BCUT2D eigenvalue weighted by Gasteiger charge is -2.22. The highest BCUT2D eigenvalue weighted by Crippen LogP contribution is 2.29. The Kier molecular flexibility index (Phi) is 5.49. The first-order valence-corrected chi connectivity index (χ1v) is 6.74. The molecule has 102 valence electrons. The van der Waals surface area contributed by atoms with Crippen molar-refractivity contribution in [3.8, 4) is 0 Å². The van der Waals surface area contributed by atoms with E-state index in [9.17, 15) is 9.59 Å². The van der Waals surface area contributed by atoms with Crippen LogP contribution in [0.2, 0.25) is 5.02 Å². The third-order valence-electron chi connectivity index (χ3n) is 3.29. The van der Waals surface area contributed by atoms with Crippen LogP contribution in [0.3, 0.4) is 0 Å². The number of Topliss-reactive ketones (excluding diaryl/α,β-unsaturated/α-hetero) is 2. The molecule has 2 nitrogen and oxygen atoms in total. The van der Waals surface area contributed by atoms with Gasteiger partial charge in [0.15, 0.2) is 5.78 Å². The highest BCUT2D eigenvalue weighted by Gasteiger charge is 2.31. The number of rotatable bonds is 6. The number of ketones is 2. The first-order chi connectivity index (χ1) is 8.88. The van der Waals surface area contributed by atoms with Crippen LogP contribution in [0.1, 0.15) is 38.7 Å². The molecule has 1 rings (SSSR count). The second-order valence-electron chi connectivity index (χ2n) is 4.78. The molecule has 2 atom stereocenters. The van der Waals surface area contributed by atoms with Gasteiger partial charge in [-0.3, -0.25) is 9.59 Å². The van der Waals surface area contributed by atoms with Gasteiger partial charge in [-0.2, -0.15) is 0 Å². The highest BCUT2D eigenvalue weighted by atomic mass is 35.5. The van der Waals surface area contributed by atoms with Gasteiger partial charge in [-0.15, -0.1) is 0 Å². The molecule has 0 saturated carbocycles. The van der Waals surface area contributed by atoms with E-state index in [1.807, 2.05) is 19.1 Å². The van der Waals surface area contributed by atoms with E-state index < -0.39 is 5.92 Å². The van der Waals surface area contributed by atoms with Crippen molar-refractivity contribution in [2.75, 3.05) is 0 Å². The van der Waals surface area contributed by atoms with Gasteiger partial charge in [0.1, 0.15) is 5.78 Å². The molecule has 0 aromatic heterocycles. The number of carbonyl (C=O) groups is 2. The van der Waals surface area contributed by atoms with Gasteiger partial charge in [-0.05, 0) is 36.1 Å².